The van der Waals surface area contributed by atoms with Crippen LogP contribution < -0.4 is 0 Å². The van der Waals surface area contributed by atoms with Crippen LogP contribution in [0, 0.1) is 11.8 Å². The molecule has 2 aliphatic rings. The Morgan fingerprint density at radius 2 is 1.95 bits per heavy atom. The molecule has 2 aliphatic heterocycles. The van der Waals surface area contributed by atoms with Crippen molar-refractivity contribution in [3.63, 3.8) is 0 Å². The van der Waals surface area contributed by atoms with Crippen molar-refractivity contribution < 1.29 is 24.2 Å². The molecule has 1 aromatic rings. The van der Waals surface area contributed by atoms with Gasteiger partial charge >= 0.3 is 12.1 Å². The molecule has 0 radical (unpaired) electrons. The van der Waals surface area contributed by atoms with Crippen molar-refractivity contribution in [2.45, 2.75) is 96.5 Å². The topological polar surface area (TPSA) is 92.2 Å². The molecule has 1 N–H and O–H groups in total. The van der Waals surface area contributed by atoms with Crippen LogP contribution in [0.2, 0.25) is 0 Å². The van der Waals surface area contributed by atoms with Gasteiger partial charge in [0, 0.05) is 43.2 Å². The Balaban J connectivity index is 1.80. The van der Waals surface area contributed by atoms with E-state index in [0.29, 0.717) is 12.8 Å². The standard InChI is InChI=1S/C34H51N3O5/c1-24-16-19-34(5,40)30(41-33(39)37(7)28-17-21-36(6)22-18-28)15-14-27(4)32(42-31(38)23-24)26(3)12-10-11-25(2)29-13-8-9-20-35-29/h8-15,20,24-25,27-28,30,32,40H,16-19,21-23H2,1-7H3/b11-10+,15-14+,26-12+/t24-,25-,27+,30+,32-,34-/m1/s1. The number of nitrogens with zero attached hydrogens (tertiary/aromatic N) is 3. The number of carbonyl (C=O) groups excluding carboxylic acids is 2. The summed E-state index contributed by atoms with van der Waals surface area (Å²) in [6.07, 6.45) is 12.7. The number of ether oxygens (including phenoxy) is 2. The molecular formula is C34H51N3O5. The highest BCUT2D eigenvalue weighted by Gasteiger charge is 2.37. The van der Waals surface area contributed by atoms with Crippen LogP contribution in [0.3, 0.4) is 0 Å². The van der Waals surface area contributed by atoms with Crippen molar-refractivity contribution in [1.82, 2.24) is 14.8 Å². The van der Waals surface area contributed by atoms with Gasteiger partial charge in [-0.1, -0.05) is 51.1 Å². The number of hydrogen-bond acceptors (Lipinski definition) is 7. The monoisotopic (exact) mass is 581 g/mol. The molecule has 0 unspecified atom stereocenters. The summed E-state index contributed by atoms with van der Waals surface area (Å²) < 4.78 is 12.0. The van der Waals surface area contributed by atoms with Crippen LogP contribution in [0.4, 0.5) is 4.79 Å². The van der Waals surface area contributed by atoms with Crippen LogP contribution in [0.1, 0.15) is 78.3 Å². The Morgan fingerprint density at radius 1 is 1.24 bits per heavy atom. The van der Waals surface area contributed by atoms with Crippen molar-refractivity contribution in [3.8, 4) is 0 Å². The van der Waals surface area contributed by atoms with Gasteiger partial charge < -0.3 is 24.4 Å². The number of pyridine rings is 1. The number of esters is 1. The molecule has 0 saturated carbocycles. The lowest BCUT2D eigenvalue weighted by atomic mass is 9.87. The summed E-state index contributed by atoms with van der Waals surface area (Å²) in [6.45, 7) is 11.6. The Kier molecular flexibility index (Phi) is 12.4. The molecule has 8 nitrogen and oxygen atoms in total. The highest BCUT2D eigenvalue weighted by atomic mass is 16.6. The minimum absolute atomic E-state index is 0.00462. The SMILES string of the molecule is C/C(=C\C=C\[C@@H](C)c1ccccn1)[C@H]1OC(=O)C[C@H](C)CC[C@@](C)(O)[C@@H](OC(=O)N(C)C2CCN(C)CC2)/C=C/[C@@H]1C. The van der Waals surface area contributed by atoms with E-state index in [1.807, 2.05) is 57.2 Å². The minimum Gasteiger partial charge on any atom is -0.457 e. The van der Waals surface area contributed by atoms with Crippen molar-refractivity contribution in [3.05, 3.63) is 66.0 Å². The number of cyclic esters (lactones) is 1. The lowest BCUT2D eigenvalue weighted by molar-refractivity contribution is -0.150. The van der Waals surface area contributed by atoms with Gasteiger partial charge in [-0.3, -0.25) is 9.78 Å². The summed E-state index contributed by atoms with van der Waals surface area (Å²) >= 11 is 0. The molecule has 0 bridgehead atoms. The first-order valence-electron chi connectivity index (χ1n) is 15.4. The van der Waals surface area contributed by atoms with Gasteiger partial charge in [0.2, 0.25) is 0 Å². The van der Waals surface area contributed by atoms with E-state index in [9.17, 15) is 14.7 Å². The summed E-state index contributed by atoms with van der Waals surface area (Å²) in [4.78, 5) is 34.5. The zero-order valence-electron chi connectivity index (χ0n) is 26.5. The molecule has 0 aromatic carbocycles. The van der Waals surface area contributed by atoms with E-state index in [-0.39, 0.29) is 36.2 Å². The Labute approximate surface area is 252 Å². The van der Waals surface area contributed by atoms with E-state index in [4.69, 9.17) is 9.47 Å². The highest BCUT2D eigenvalue weighted by molar-refractivity contribution is 5.70. The smallest absolute Gasteiger partial charge is 0.410 e. The number of hydrogen-bond donors (Lipinski definition) is 1. The molecule has 1 amide bonds. The second-order valence-electron chi connectivity index (χ2n) is 12.6. The minimum atomic E-state index is -1.29. The van der Waals surface area contributed by atoms with E-state index in [1.165, 1.54) is 0 Å². The van der Waals surface area contributed by atoms with Crippen molar-refractivity contribution >= 4 is 12.1 Å². The van der Waals surface area contributed by atoms with Crippen LogP contribution >= 0.6 is 0 Å². The third-order valence-corrected chi connectivity index (χ3v) is 8.71. The van der Waals surface area contributed by atoms with E-state index in [2.05, 4.69) is 29.9 Å². The fraction of sp³-hybridized carbons (Fsp3) is 0.618. The molecule has 42 heavy (non-hydrogen) atoms. The number of allylic oxidation sites excluding steroid dienone is 3. The quantitative estimate of drug-likeness (QED) is 0.254. The number of piperidine rings is 1. The summed E-state index contributed by atoms with van der Waals surface area (Å²) in [6, 6.07) is 5.98. The lowest BCUT2D eigenvalue weighted by Crippen LogP contribution is -2.48. The first-order chi connectivity index (χ1) is 19.9. The first-order valence-corrected chi connectivity index (χ1v) is 15.4. The third-order valence-electron chi connectivity index (χ3n) is 8.71. The van der Waals surface area contributed by atoms with Gasteiger partial charge in [-0.05, 0) is 89.4 Å². The van der Waals surface area contributed by atoms with Crippen molar-refractivity contribution in [2.24, 2.45) is 11.8 Å². The Morgan fingerprint density at radius 3 is 2.62 bits per heavy atom. The highest BCUT2D eigenvalue weighted by Crippen LogP contribution is 2.29. The van der Waals surface area contributed by atoms with Gasteiger partial charge in [0.25, 0.3) is 0 Å². The molecule has 3 heterocycles. The second kappa shape index (κ2) is 15.5. The Hall–Kier alpha value is -2.97. The fourth-order valence-electron chi connectivity index (χ4n) is 5.56. The summed E-state index contributed by atoms with van der Waals surface area (Å²) in [5, 5.41) is 11.5. The normalized spacial score (nSPS) is 30.6. The summed E-state index contributed by atoms with van der Waals surface area (Å²) in [5.41, 5.74) is 0.593. The zero-order chi connectivity index (χ0) is 30.9. The van der Waals surface area contributed by atoms with Gasteiger partial charge in [-0.25, -0.2) is 4.79 Å². The molecule has 1 saturated heterocycles. The van der Waals surface area contributed by atoms with Crippen LogP contribution in [0.25, 0.3) is 0 Å². The predicted octanol–water partition coefficient (Wildman–Crippen LogP) is 5.89. The molecule has 0 aliphatic carbocycles. The first kappa shape index (κ1) is 33.5. The van der Waals surface area contributed by atoms with Gasteiger partial charge in [0.05, 0.1) is 0 Å². The Bertz CT molecular complexity index is 1110. The zero-order valence-corrected chi connectivity index (χ0v) is 26.5. The van der Waals surface area contributed by atoms with E-state index >= 15 is 0 Å². The van der Waals surface area contributed by atoms with Crippen LogP contribution in [-0.4, -0.2) is 83.0 Å². The molecule has 3 rings (SSSR count). The average Bonchev–Trinajstić information content (AvgIpc) is 2.96. The van der Waals surface area contributed by atoms with E-state index < -0.39 is 23.9 Å². The third kappa shape index (κ3) is 9.80. The maximum Gasteiger partial charge on any atom is 0.410 e. The van der Waals surface area contributed by atoms with Crippen LogP contribution in [0.15, 0.2) is 60.3 Å². The molecule has 1 fully saturated rings. The maximum absolute atomic E-state index is 13.2. The molecule has 0 spiro atoms. The molecule has 8 heteroatoms. The number of aromatic nitrogens is 1. The number of likely N-dealkylation sites (tertiary alicyclic amines) is 1. The summed E-state index contributed by atoms with van der Waals surface area (Å²) in [7, 11) is 3.87. The largest absolute Gasteiger partial charge is 0.457 e. The number of amides is 1. The molecular weight excluding hydrogens is 530 g/mol. The maximum atomic E-state index is 13.2. The fourth-order valence-corrected chi connectivity index (χ4v) is 5.56. The van der Waals surface area contributed by atoms with Gasteiger partial charge in [0.15, 0.2) is 6.10 Å². The van der Waals surface area contributed by atoms with Gasteiger partial charge in [-0.15, -0.1) is 0 Å². The average molecular weight is 582 g/mol. The van der Waals surface area contributed by atoms with Crippen molar-refractivity contribution in [1.29, 1.82) is 0 Å². The van der Waals surface area contributed by atoms with E-state index in [1.54, 1.807) is 31.1 Å². The number of aliphatic hydroxyl groups is 1. The van der Waals surface area contributed by atoms with Crippen LogP contribution in [-0.2, 0) is 14.3 Å². The van der Waals surface area contributed by atoms with Gasteiger partial charge in [0.1, 0.15) is 11.7 Å². The molecule has 232 valence electrons. The second-order valence-corrected chi connectivity index (χ2v) is 12.6. The molecule has 6 atom stereocenters. The summed E-state index contributed by atoms with van der Waals surface area (Å²) in [5.74, 6) is -0.331. The lowest BCUT2D eigenvalue weighted by Gasteiger charge is -2.37. The molecule has 1 aromatic heterocycles. The predicted molar refractivity (Wildman–Crippen MR) is 166 cm³/mol. The van der Waals surface area contributed by atoms with Crippen molar-refractivity contribution in [2.75, 3.05) is 27.2 Å². The number of rotatable bonds is 6. The number of carbonyl (C=O) groups is 2. The van der Waals surface area contributed by atoms with Gasteiger partial charge in [-0.2, -0.15) is 0 Å². The van der Waals surface area contributed by atoms with E-state index in [0.717, 1.165) is 37.2 Å². The van der Waals surface area contributed by atoms with Crippen LogP contribution in [0.5, 0.6) is 0 Å².